The molecule has 0 spiro atoms. The van der Waals surface area contributed by atoms with E-state index in [-0.39, 0.29) is 29.3 Å². The minimum absolute atomic E-state index is 0.00437. The molecule has 118 valence electrons. The molecule has 2 fully saturated rings. The number of anilines is 1. The number of fused-ring (bicyclic) bond motifs is 1. The van der Waals surface area contributed by atoms with Gasteiger partial charge in [-0.25, -0.2) is 0 Å². The lowest BCUT2D eigenvalue weighted by molar-refractivity contribution is -0.137. The first-order valence-corrected chi connectivity index (χ1v) is 7.48. The van der Waals surface area contributed by atoms with Gasteiger partial charge in [0, 0.05) is 24.3 Å². The number of hydrogen-bond acceptors (Lipinski definition) is 3. The molecule has 1 N–H and O–H groups in total. The molecular formula is C16H17F3N2O. The Hall–Kier alpha value is -1.74. The molecule has 0 bridgehead atoms. The molecule has 22 heavy (non-hydrogen) atoms. The van der Waals surface area contributed by atoms with Crippen LogP contribution >= 0.6 is 0 Å². The number of halogens is 3. The summed E-state index contributed by atoms with van der Waals surface area (Å²) in [5, 5.41) is 11.9. The predicted octanol–water partition coefficient (Wildman–Crippen LogP) is 3.95. The fourth-order valence-electron chi connectivity index (χ4n) is 3.53. The summed E-state index contributed by atoms with van der Waals surface area (Å²) in [6.45, 7) is 0.688. The van der Waals surface area contributed by atoms with Crippen molar-refractivity contribution in [3.63, 3.8) is 0 Å². The van der Waals surface area contributed by atoms with Gasteiger partial charge in [0.05, 0.1) is 23.3 Å². The van der Waals surface area contributed by atoms with E-state index in [0.717, 1.165) is 31.7 Å². The SMILES string of the molecule is N#Cc1ccc(NC2CCCC3OCCC23)c(C(F)(F)F)c1. The molecule has 1 aliphatic heterocycles. The quantitative estimate of drug-likeness (QED) is 0.899. The van der Waals surface area contributed by atoms with Crippen LogP contribution in [0.2, 0.25) is 0 Å². The lowest BCUT2D eigenvalue weighted by Gasteiger charge is -2.34. The highest BCUT2D eigenvalue weighted by Crippen LogP contribution is 2.39. The number of nitrogens with one attached hydrogen (secondary N) is 1. The fraction of sp³-hybridized carbons (Fsp3) is 0.562. The largest absolute Gasteiger partial charge is 0.418 e. The number of nitrogens with zero attached hydrogens (tertiary/aromatic N) is 1. The van der Waals surface area contributed by atoms with Crippen molar-refractivity contribution in [1.82, 2.24) is 0 Å². The zero-order valence-corrected chi connectivity index (χ0v) is 12.0. The highest BCUT2D eigenvalue weighted by atomic mass is 19.4. The Balaban J connectivity index is 1.87. The van der Waals surface area contributed by atoms with Crippen LogP contribution in [0.1, 0.15) is 36.8 Å². The Morgan fingerprint density at radius 1 is 1.23 bits per heavy atom. The van der Waals surface area contributed by atoms with Gasteiger partial charge in [0.2, 0.25) is 0 Å². The zero-order valence-electron chi connectivity index (χ0n) is 12.0. The Kier molecular flexibility index (Phi) is 4.00. The average Bonchev–Trinajstić information content (AvgIpc) is 2.96. The molecule has 3 nitrogen and oxygen atoms in total. The molecule has 0 radical (unpaired) electrons. The van der Waals surface area contributed by atoms with E-state index in [1.165, 1.54) is 12.1 Å². The van der Waals surface area contributed by atoms with Crippen LogP contribution in [0.15, 0.2) is 18.2 Å². The van der Waals surface area contributed by atoms with Crippen LogP contribution in [-0.4, -0.2) is 18.8 Å². The molecule has 0 aromatic heterocycles. The van der Waals surface area contributed by atoms with Crippen LogP contribution < -0.4 is 5.32 Å². The van der Waals surface area contributed by atoms with Crippen molar-refractivity contribution < 1.29 is 17.9 Å². The minimum Gasteiger partial charge on any atom is -0.381 e. The first-order valence-electron chi connectivity index (χ1n) is 7.48. The van der Waals surface area contributed by atoms with Gasteiger partial charge in [-0.3, -0.25) is 0 Å². The van der Waals surface area contributed by atoms with E-state index >= 15 is 0 Å². The van der Waals surface area contributed by atoms with E-state index in [0.29, 0.717) is 6.61 Å². The van der Waals surface area contributed by atoms with Crippen LogP contribution in [-0.2, 0) is 10.9 Å². The Labute approximate surface area is 127 Å². The molecular weight excluding hydrogens is 293 g/mol. The van der Waals surface area contributed by atoms with Crippen LogP contribution in [0.5, 0.6) is 0 Å². The number of nitriles is 1. The van der Waals surface area contributed by atoms with Crippen molar-refractivity contribution >= 4 is 5.69 Å². The van der Waals surface area contributed by atoms with Gasteiger partial charge in [0.15, 0.2) is 0 Å². The summed E-state index contributed by atoms with van der Waals surface area (Å²) >= 11 is 0. The predicted molar refractivity (Wildman–Crippen MR) is 75.3 cm³/mol. The van der Waals surface area contributed by atoms with Crippen molar-refractivity contribution in [3.8, 4) is 6.07 Å². The van der Waals surface area contributed by atoms with Gasteiger partial charge < -0.3 is 10.1 Å². The zero-order chi connectivity index (χ0) is 15.7. The lowest BCUT2D eigenvalue weighted by Crippen LogP contribution is -2.38. The summed E-state index contributed by atoms with van der Waals surface area (Å²) in [6.07, 6.45) is -0.630. The van der Waals surface area contributed by atoms with Gasteiger partial charge >= 0.3 is 6.18 Å². The van der Waals surface area contributed by atoms with Crippen molar-refractivity contribution in [1.29, 1.82) is 5.26 Å². The molecule has 1 aliphatic carbocycles. The molecule has 1 aromatic rings. The summed E-state index contributed by atoms with van der Waals surface area (Å²) in [5.41, 5.74) is -0.694. The third kappa shape index (κ3) is 2.91. The van der Waals surface area contributed by atoms with Crippen molar-refractivity contribution in [2.24, 2.45) is 5.92 Å². The van der Waals surface area contributed by atoms with E-state index in [9.17, 15) is 13.2 Å². The molecule has 2 aliphatic rings. The number of benzene rings is 1. The fourth-order valence-corrected chi connectivity index (χ4v) is 3.53. The number of hydrogen-bond donors (Lipinski definition) is 1. The maximum Gasteiger partial charge on any atom is 0.418 e. The van der Waals surface area contributed by atoms with Gasteiger partial charge in [-0.15, -0.1) is 0 Å². The van der Waals surface area contributed by atoms with Crippen LogP contribution in [0.4, 0.5) is 18.9 Å². The molecule has 1 saturated heterocycles. The lowest BCUT2D eigenvalue weighted by atomic mass is 9.81. The van der Waals surface area contributed by atoms with Crippen molar-refractivity contribution in [2.45, 2.75) is 44.0 Å². The van der Waals surface area contributed by atoms with E-state index in [2.05, 4.69) is 5.32 Å². The highest BCUT2D eigenvalue weighted by Gasteiger charge is 2.39. The number of ether oxygens (including phenoxy) is 1. The van der Waals surface area contributed by atoms with E-state index in [1.807, 2.05) is 0 Å². The smallest absolute Gasteiger partial charge is 0.381 e. The van der Waals surface area contributed by atoms with E-state index in [1.54, 1.807) is 6.07 Å². The third-order valence-electron chi connectivity index (χ3n) is 4.58. The number of rotatable bonds is 2. The summed E-state index contributed by atoms with van der Waals surface area (Å²) < 4.78 is 45.3. The highest BCUT2D eigenvalue weighted by molar-refractivity contribution is 5.56. The van der Waals surface area contributed by atoms with E-state index < -0.39 is 11.7 Å². The van der Waals surface area contributed by atoms with Crippen molar-refractivity contribution in [2.75, 3.05) is 11.9 Å². The van der Waals surface area contributed by atoms with Gasteiger partial charge in [-0.1, -0.05) is 0 Å². The molecule has 1 aromatic carbocycles. The summed E-state index contributed by atoms with van der Waals surface area (Å²) in [5.74, 6) is 0.269. The minimum atomic E-state index is -4.48. The summed E-state index contributed by atoms with van der Waals surface area (Å²) in [7, 11) is 0. The molecule has 3 rings (SSSR count). The summed E-state index contributed by atoms with van der Waals surface area (Å²) in [4.78, 5) is 0. The standard InChI is InChI=1S/C16H17F3N2O/c17-16(18,19)12-8-10(9-20)4-5-14(12)21-13-2-1-3-15-11(13)6-7-22-15/h4-5,8,11,13,15,21H,1-3,6-7H2. The van der Waals surface area contributed by atoms with Gasteiger partial charge in [-0.05, 0) is 43.9 Å². The van der Waals surface area contributed by atoms with E-state index in [4.69, 9.17) is 10.00 Å². The van der Waals surface area contributed by atoms with Gasteiger partial charge in [0.1, 0.15) is 0 Å². The van der Waals surface area contributed by atoms with Crippen LogP contribution in [0.25, 0.3) is 0 Å². The second-order valence-electron chi connectivity index (χ2n) is 5.91. The second kappa shape index (κ2) is 5.81. The topological polar surface area (TPSA) is 45.0 Å². The monoisotopic (exact) mass is 310 g/mol. The first kappa shape index (κ1) is 15.2. The Bertz CT molecular complexity index is 594. The Morgan fingerprint density at radius 3 is 2.77 bits per heavy atom. The normalized spacial score (nSPS) is 28.0. The van der Waals surface area contributed by atoms with Gasteiger partial charge in [0.25, 0.3) is 0 Å². The molecule has 3 atom stereocenters. The van der Waals surface area contributed by atoms with Crippen molar-refractivity contribution in [3.05, 3.63) is 29.3 Å². The summed E-state index contributed by atoms with van der Waals surface area (Å²) in [6, 6.07) is 5.45. The van der Waals surface area contributed by atoms with Crippen LogP contribution in [0.3, 0.4) is 0 Å². The molecule has 0 amide bonds. The maximum absolute atomic E-state index is 13.2. The van der Waals surface area contributed by atoms with Gasteiger partial charge in [-0.2, -0.15) is 18.4 Å². The molecule has 3 unspecified atom stereocenters. The third-order valence-corrected chi connectivity index (χ3v) is 4.58. The molecule has 1 saturated carbocycles. The number of alkyl halides is 3. The molecule has 6 heteroatoms. The average molecular weight is 310 g/mol. The maximum atomic E-state index is 13.2. The second-order valence-corrected chi connectivity index (χ2v) is 5.91. The van der Waals surface area contributed by atoms with Crippen LogP contribution in [0, 0.1) is 17.2 Å². The first-order chi connectivity index (χ1) is 10.5. The molecule has 1 heterocycles. The Morgan fingerprint density at radius 2 is 2.05 bits per heavy atom.